The second kappa shape index (κ2) is 8.94. The van der Waals surface area contributed by atoms with Crippen LogP contribution in [0.25, 0.3) is 16.8 Å². The number of allylic oxidation sites excluding steroid dienone is 2. The van der Waals surface area contributed by atoms with E-state index in [2.05, 4.69) is 15.2 Å². The molecule has 32 heavy (non-hydrogen) atoms. The van der Waals surface area contributed by atoms with Crippen molar-refractivity contribution < 1.29 is 18.7 Å². The minimum absolute atomic E-state index is 0.00640. The van der Waals surface area contributed by atoms with E-state index in [-0.39, 0.29) is 17.6 Å². The molecule has 4 rings (SSSR count). The van der Waals surface area contributed by atoms with E-state index in [0.29, 0.717) is 29.9 Å². The molecule has 1 aromatic carbocycles. The van der Waals surface area contributed by atoms with Gasteiger partial charge in [0.15, 0.2) is 5.78 Å². The number of hydrogen-bond donors (Lipinski definition) is 1. The molecule has 0 spiro atoms. The lowest BCUT2D eigenvalue weighted by molar-refractivity contribution is -0.118. The van der Waals surface area contributed by atoms with Gasteiger partial charge in [-0.25, -0.2) is 0 Å². The fourth-order valence-electron chi connectivity index (χ4n) is 4.09. The Labute approximate surface area is 186 Å². The summed E-state index contributed by atoms with van der Waals surface area (Å²) in [7, 11) is 1.62. The van der Waals surface area contributed by atoms with Gasteiger partial charge in [0.2, 0.25) is 5.95 Å². The number of fused-ring (bicyclic) bond motifs is 1. The topological polar surface area (TPSA) is 77.1 Å². The lowest BCUT2D eigenvalue weighted by Gasteiger charge is -2.26. The van der Waals surface area contributed by atoms with Crippen molar-refractivity contribution in [1.29, 1.82) is 0 Å². The van der Waals surface area contributed by atoms with E-state index in [9.17, 15) is 9.18 Å². The molecule has 1 aliphatic rings. The standard InChI is InChI=1S/C25H26FN3O3/c1-5-18(24(30)16-8-15-9-17(31-4)6-7-23(15)32-13-16)20-11-27-22(10-19(20)14(2)3)21-12-28-29-25(21)26/h5-7,9-12,14,16H,8,13H2,1-4H3,(H,28,29)/b18-5+. The SMILES string of the molecule is C/C=C(/C(=O)C1COc2ccc(OC)cc2C1)c1cnc(-c2cn[nH]c2F)cc1C(C)C. The first kappa shape index (κ1) is 21.7. The van der Waals surface area contributed by atoms with Gasteiger partial charge in [0, 0.05) is 17.3 Å². The van der Waals surface area contributed by atoms with E-state index in [0.717, 1.165) is 28.2 Å². The number of methoxy groups -OCH3 is 1. The van der Waals surface area contributed by atoms with Gasteiger partial charge >= 0.3 is 0 Å². The van der Waals surface area contributed by atoms with Crippen LogP contribution in [0.5, 0.6) is 11.5 Å². The van der Waals surface area contributed by atoms with Gasteiger partial charge in [-0.2, -0.15) is 9.49 Å². The zero-order chi connectivity index (χ0) is 22.8. The molecule has 0 bridgehead atoms. The molecular formula is C25H26FN3O3. The Morgan fingerprint density at radius 3 is 2.78 bits per heavy atom. The number of rotatable bonds is 6. The minimum atomic E-state index is -0.532. The number of pyridine rings is 1. The molecule has 1 unspecified atom stereocenters. The highest BCUT2D eigenvalue weighted by Gasteiger charge is 2.30. The maximum absolute atomic E-state index is 14.0. The monoisotopic (exact) mass is 435 g/mol. The van der Waals surface area contributed by atoms with Crippen LogP contribution in [0.1, 0.15) is 43.4 Å². The number of nitrogens with one attached hydrogen (secondary N) is 1. The zero-order valence-corrected chi connectivity index (χ0v) is 18.6. The van der Waals surface area contributed by atoms with Crippen molar-refractivity contribution in [1.82, 2.24) is 15.2 Å². The average molecular weight is 435 g/mol. The Morgan fingerprint density at radius 1 is 1.31 bits per heavy atom. The van der Waals surface area contributed by atoms with Crippen LogP contribution in [0.2, 0.25) is 0 Å². The summed E-state index contributed by atoms with van der Waals surface area (Å²) in [5, 5.41) is 6.04. The molecule has 3 aromatic rings. The van der Waals surface area contributed by atoms with Crippen LogP contribution in [-0.2, 0) is 11.2 Å². The molecule has 0 radical (unpaired) electrons. The summed E-state index contributed by atoms with van der Waals surface area (Å²) in [5.41, 5.74) is 4.02. The molecule has 1 aliphatic heterocycles. The summed E-state index contributed by atoms with van der Waals surface area (Å²) in [6.07, 6.45) is 5.47. The number of Topliss-reactive ketones (excluding diaryl/α,β-unsaturated/α-hetero) is 1. The molecule has 2 aromatic heterocycles. The van der Waals surface area contributed by atoms with Gasteiger partial charge in [0.25, 0.3) is 0 Å². The summed E-state index contributed by atoms with van der Waals surface area (Å²) < 4.78 is 25.2. The number of carbonyl (C=O) groups is 1. The zero-order valence-electron chi connectivity index (χ0n) is 18.6. The molecule has 0 fully saturated rings. The van der Waals surface area contributed by atoms with Gasteiger partial charge in [-0.3, -0.25) is 14.9 Å². The number of benzene rings is 1. The normalized spacial score (nSPS) is 15.9. The van der Waals surface area contributed by atoms with Crippen molar-refractivity contribution in [2.24, 2.45) is 5.92 Å². The van der Waals surface area contributed by atoms with Crippen molar-refractivity contribution in [2.75, 3.05) is 13.7 Å². The Kier molecular flexibility index (Phi) is 6.08. The largest absolute Gasteiger partial charge is 0.497 e. The highest BCUT2D eigenvalue weighted by molar-refractivity contribution is 6.22. The number of carbonyl (C=O) groups excluding carboxylic acids is 1. The maximum Gasteiger partial charge on any atom is 0.218 e. The second-order valence-corrected chi connectivity index (χ2v) is 8.16. The lowest BCUT2D eigenvalue weighted by Crippen LogP contribution is -2.29. The first-order valence-corrected chi connectivity index (χ1v) is 10.6. The first-order chi connectivity index (χ1) is 15.4. The summed E-state index contributed by atoms with van der Waals surface area (Å²) in [5.74, 6) is 0.791. The van der Waals surface area contributed by atoms with Crippen molar-refractivity contribution in [3.05, 3.63) is 65.4 Å². The average Bonchev–Trinajstić information content (AvgIpc) is 3.24. The molecule has 0 saturated heterocycles. The molecule has 0 saturated carbocycles. The van der Waals surface area contributed by atoms with Crippen molar-refractivity contribution >= 4 is 11.4 Å². The molecular weight excluding hydrogens is 409 g/mol. The molecule has 1 N–H and O–H groups in total. The smallest absolute Gasteiger partial charge is 0.218 e. The Balaban J connectivity index is 1.66. The maximum atomic E-state index is 14.0. The molecule has 1 atom stereocenters. The van der Waals surface area contributed by atoms with Crippen LogP contribution in [0.3, 0.4) is 0 Å². The number of nitrogens with zero attached hydrogens (tertiary/aromatic N) is 2. The first-order valence-electron chi connectivity index (χ1n) is 10.6. The van der Waals surface area contributed by atoms with Gasteiger partial charge < -0.3 is 9.47 Å². The highest BCUT2D eigenvalue weighted by atomic mass is 19.1. The van der Waals surface area contributed by atoms with E-state index in [1.54, 1.807) is 13.3 Å². The summed E-state index contributed by atoms with van der Waals surface area (Å²) in [6.45, 7) is 6.25. The molecule has 3 heterocycles. The fraction of sp³-hybridized carbons (Fsp3) is 0.320. The molecule has 7 heteroatoms. The summed E-state index contributed by atoms with van der Waals surface area (Å²) >= 11 is 0. The van der Waals surface area contributed by atoms with Crippen molar-refractivity contribution in [3.63, 3.8) is 0 Å². The quantitative estimate of drug-likeness (QED) is 0.554. The Bertz CT molecular complexity index is 1180. The van der Waals surface area contributed by atoms with E-state index in [4.69, 9.17) is 9.47 Å². The third-order valence-electron chi connectivity index (χ3n) is 5.82. The third-order valence-corrected chi connectivity index (χ3v) is 5.82. The van der Waals surface area contributed by atoms with E-state index < -0.39 is 5.95 Å². The van der Waals surface area contributed by atoms with Crippen LogP contribution in [0.15, 0.2) is 42.7 Å². The minimum Gasteiger partial charge on any atom is -0.497 e. The summed E-state index contributed by atoms with van der Waals surface area (Å²) in [4.78, 5) is 18.0. The van der Waals surface area contributed by atoms with Crippen molar-refractivity contribution in [3.8, 4) is 22.8 Å². The van der Waals surface area contributed by atoms with Gasteiger partial charge in [-0.1, -0.05) is 19.9 Å². The highest BCUT2D eigenvalue weighted by Crippen LogP contribution is 2.35. The molecule has 166 valence electrons. The van der Waals surface area contributed by atoms with Crippen LogP contribution >= 0.6 is 0 Å². The summed E-state index contributed by atoms with van der Waals surface area (Å²) in [6, 6.07) is 7.48. The fourth-order valence-corrected chi connectivity index (χ4v) is 4.09. The van der Waals surface area contributed by atoms with Crippen LogP contribution < -0.4 is 9.47 Å². The van der Waals surface area contributed by atoms with Crippen LogP contribution in [0.4, 0.5) is 4.39 Å². The predicted octanol–water partition coefficient (Wildman–Crippen LogP) is 4.97. The van der Waals surface area contributed by atoms with Crippen LogP contribution in [-0.4, -0.2) is 34.7 Å². The number of H-pyrrole nitrogens is 1. The number of hydrogen-bond acceptors (Lipinski definition) is 5. The Morgan fingerprint density at radius 2 is 2.12 bits per heavy atom. The number of aromatic nitrogens is 3. The second-order valence-electron chi connectivity index (χ2n) is 8.16. The number of ketones is 1. The molecule has 0 amide bonds. The number of halogens is 1. The van der Waals surface area contributed by atoms with Gasteiger partial charge in [-0.15, -0.1) is 0 Å². The number of aromatic amines is 1. The van der Waals surface area contributed by atoms with Gasteiger partial charge in [0.05, 0.1) is 37.1 Å². The van der Waals surface area contributed by atoms with E-state index >= 15 is 0 Å². The van der Waals surface area contributed by atoms with Gasteiger partial charge in [0.1, 0.15) is 11.5 Å². The van der Waals surface area contributed by atoms with Crippen LogP contribution in [0, 0.1) is 11.9 Å². The Hall–Kier alpha value is -3.48. The van der Waals surface area contributed by atoms with Crippen molar-refractivity contribution in [2.45, 2.75) is 33.1 Å². The lowest BCUT2D eigenvalue weighted by atomic mass is 9.84. The molecule has 0 aliphatic carbocycles. The van der Waals surface area contributed by atoms with E-state index in [1.807, 2.05) is 51.1 Å². The van der Waals surface area contributed by atoms with E-state index in [1.165, 1.54) is 6.20 Å². The number of ether oxygens (including phenoxy) is 2. The predicted molar refractivity (Wildman–Crippen MR) is 120 cm³/mol. The molecule has 6 nitrogen and oxygen atoms in total. The van der Waals surface area contributed by atoms with Gasteiger partial charge in [-0.05, 0) is 54.7 Å². The third kappa shape index (κ3) is 4.02.